The Hall–Kier alpha value is -0.790. The SMILES string of the molecule is CC/C=C(\C)C(=O)[O-]. The van der Waals surface area contributed by atoms with Gasteiger partial charge in [-0.15, -0.1) is 0 Å². The maximum Gasteiger partial charge on any atom is 0.0668 e. The van der Waals surface area contributed by atoms with Crippen molar-refractivity contribution in [1.29, 1.82) is 0 Å². The first-order chi connectivity index (χ1) is 3.68. The number of carboxylic acids is 1. The van der Waals surface area contributed by atoms with E-state index in [9.17, 15) is 9.90 Å². The minimum absolute atomic E-state index is 0.313. The highest BCUT2D eigenvalue weighted by molar-refractivity contribution is 5.83. The first kappa shape index (κ1) is 7.21. The van der Waals surface area contributed by atoms with Crippen LogP contribution in [0.2, 0.25) is 0 Å². The summed E-state index contributed by atoms with van der Waals surface area (Å²) >= 11 is 0. The second kappa shape index (κ2) is 3.24. The lowest BCUT2D eigenvalue weighted by molar-refractivity contribution is -0.299. The van der Waals surface area contributed by atoms with Crippen LogP contribution in [0.4, 0.5) is 0 Å². The molecule has 0 fully saturated rings. The number of rotatable bonds is 2. The molecule has 0 rings (SSSR count). The van der Waals surface area contributed by atoms with Crippen LogP contribution < -0.4 is 5.11 Å². The summed E-state index contributed by atoms with van der Waals surface area (Å²) in [4.78, 5) is 9.91. The van der Waals surface area contributed by atoms with Crippen molar-refractivity contribution in [3.63, 3.8) is 0 Å². The van der Waals surface area contributed by atoms with E-state index in [4.69, 9.17) is 0 Å². The van der Waals surface area contributed by atoms with Crippen molar-refractivity contribution >= 4 is 5.97 Å². The molecule has 2 heteroatoms. The molecule has 0 unspecified atom stereocenters. The Morgan fingerprint density at radius 1 is 1.75 bits per heavy atom. The van der Waals surface area contributed by atoms with Crippen LogP contribution in [0.1, 0.15) is 20.3 Å². The average Bonchev–Trinajstić information content (AvgIpc) is 1.67. The van der Waals surface area contributed by atoms with Gasteiger partial charge in [0, 0.05) is 0 Å². The number of hydrogen-bond acceptors (Lipinski definition) is 2. The fourth-order valence-electron chi connectivity index (χ4n) is 0.390. The van der Waals surface area contributed by atoms with Gasteiger partial charge in [0.15, 0.2) is 0 Å². The molecule has 0 saturated heterocycles. The van der Waals surface area contributed by atoms with E-state index in [2.05, 4.69) is 0 Å². The summed E-state index contributed by atoms with van der Waals surface area (Å²) in [7, 11) is 0. The minimum Gasteiger partial charge on any atom is -0.545 e. The van der Waals surface area contributed by atoms with Crippen molar-refractivity contribution in [1.82, 2.24) is 0 Å². The number of carbonyl (C=O) groups is 1. The van der Waals surface area contributed by atoms with E-state index < -0.39 is 5.97 Å². The van der Waals surface area contributed by atoms with E-state index in [1.165, 1.54) is 6.92 Å². The Kier molecular flexibility index (Phi) is 2.92. The summed E-state index contributed by atoms with van der Waals surface area (Å²) in [6.07, 6.45) is 2.37. The molecule has 0 aromatic heterocycles. The Morgan fingerprint density at radius 2 is 2.25 bits per heavy atom. The van der Waals surface area contributed by atoms with Gasteiger partial charge in [-0.3, -0.25) is 0 Å². The highest BCUT2D eigenvalue weighted by atomic mass is 16.4. The predicted octanol–water partition coefficient (Wildman–Crippen LogP) is 0.0926. The van der Waals surface area contributed by atoms with Crippen molar-refractivity contribution in [2.75, 3.05) is 0 Å². The molecule has 8 heavy (non-hydrogen) atoms. The topological polar surface area (TPSA) is 40.1 Å². The van der Waals surface area contributed by atoms with Gasteiger partial charge in [0.05, 0.1) is 5.97 Å². The second-order valence-electron chi connectivity index (χ2n) is 1.58. The van der Waals surface area contributed by atoms with Crippen molar-refractivity contribution in [2.45, 2.75) is 20.3 Å². The first-order valence-electron chi connectivity index (χ1n) is 2.56. The van der Waals surface area contributed by atoms with Gasteiger partial charge < -0.3 is 9.90 Å². The highest BCUT2D eigenvalue weighted by Gasteiger charge is 1.83. The predicted molar refractivity (Wildman–Crippen MR) is 29.1 cm³/mol. The van der Waals surface area contributed by atoms with E-state index in [-0.39, 0.29) is 0 Å². The number of hydrogen-bond donors (Lipinski definition) is 0. The third-order valence-electron chi connectivity index (χ3n) is 0.832. The Balaban J connectivity index is 3.80. The van der Waals surface area contributed by atoms with E-state index in [1.807, 2.05) is 6.92 Å². The zero-order chi connectivity index (χ0) is 6.57. The van der Waals surface area contributed by atoms with E-state index >= 15 is 0 Å². The van der Waals surface area contributed by atoms with Crippen LogP contribution in [0, 0.1) is 0 Å². The van der Waals surface area contributed by atoms with Crippen LogP contribution in [-0.4, -0.2) is 5.97 Å². The third-order valence-corrected chi connectivity index (χ3v) is 0.832. The molecule has 0 amide bonds. The largest absolute Gasteiger partial charge is 0.545 e. The van der Waals surface area contributed by atoms with E-state index in [0.717, 1.165) is 6.42 Å². The molecule has 0 bridgehead atoms. The molecule has 0 N–H and O–H groups in total. The highest BCUT2D eigenvalue weighted by Crippen LogP contribution is 1.90. The van der Waals surface area contributed by atoms with Crippen LogP contribution in [0.15, 0.2) is 11.6 Å². The lowest BCUT2D eigenvalue weighted by Crippen LogP contribution is -2.22. The van der Waals surface area contributed by atoms with E-state index in [1.54, 1.807) is 6.08 Å². The van der Waals surface area contributed by atoms with Gasteiger partial charge in [0.1, 0.15) is 0 Å². The van der Waals surface area contributed by atoms with Gasteiger partial charge in [-0.2, -0.15) is 0 Å². The molecule has 0 aromatic carbocycles. The number of carboxylic acid groups (broad SMARTS) is 1. The molecular weight excluding hydrogens is 104 g/mol. The zero-order valence-corrected chi connectivity index (χ0v) is 5.10. The Bertz CT molecular complexity index is 114. The monoisotopic (exact) mass is 113 g/mol. The molecule has 0 spiro atoms. The first-order valence-corrected chi connectivity index (χ1v) is 2.56. The Morgan fingerprint density at radius 3 is 2.38 bits per heavy atom. The molecular formula is C6H9O2-. The quantitative estimate of drug-likeness (QED) is 0.476. The maximum atomic E-state index is 9.91. The second-order valence-corrected chi connectivity index (χ2v) is 1.58. The molecule has 0 saturated carbocycles. The fourth-order valence-corrected chi connectivity index (χ4v) is 0.390. The lowest BCUT2D eigenvalue weighted by atomic mass is 10.2. The molecule has 0 aromatic rings. The molecule has 0 radical (unpaired) electrons. The zero-order valence-electron chi connectivity index (χ0n) is 5.10. The minimum atomic E-state index is -1.08. The van der Waals surface area contributed by atoms with Crippen molar-refractivity contribution in [3.05, 3.63) is 11.6 Å². The lowest BCUT2D eigenvalue weighted by Gasteiger charge is -1.97. The summed E-state index contributed by atoms with van der Waals surface area (Å²) in [6, 6.07) is 0. The van der Waals surface area contributed by atoms with Gasteiger partial charge in [-0.25, -0.2) is 0 Å². The summed E-state index contributed by atoms with van der Waals surface area (Å²) in [5, 5.41) is 9.91. The van der Waals surface area contributed by atoms with Crippen molar-refractivity contribution in [3.8, 4) is 0 Å². The average molecular weight is 113 g/mol. The van der Waals surface area contributed by atoms with Crippen LogP contribution in [0.25, 0.3) is 0 Å². The summed E-state index contributed by atoms with van der Waals surface area (Å²) in [5.41, 5.74) is 0.313. The molecule has 0 aliphatic rings. The van der Waals surface area contributed by atoms with Crippen LogP contribution in [0.5, 0.6) is 0 Å². The fraction of sp³-hybridized carbons (Fsp3) is 0.500. The maximum absolute atomic E-state index is 9.91. The number of allylic oxidation sites excluding steroid dienone is 1. The number of aliphatic carboxylic acids is 1. The molecule has 0 atom stereocenters. The van der Waals surface area contributed by atoms with Crippen molar-refractivity contribution in [2.24, 2.45) is 0 Å². The standard InChI is InChI=1S/C6H10O2/c1-3-4-5(2)6(7)8/h4H,3H2,1-2H3,(H,7,8)/p-1/b5-4+. The third kappa shape index (κ3) is 2.39. The van der Waals surface area contributed by atoms with Gasteiger partial charge in [-0.05, 0) is 18.9 Å². The van der Waals surface area contributed by atoms with Gasteiger partial charge in [-0.1, -0.05) is 13.0 Å². The molecule has 46 valence electrons. The molecule has 2 nitrogen and oxygen atoms in total. The molecule has 0 heterocycles. The van der Waals surface area contributed by atoms with Crippen LogP contribution in [0.3, 0.4) is 0 Å². The smallest absolute Gasteiger partial charge is 0.0668 e. The van der Waals surface area contributed by atoms with Crippen LogP contribution >= 0.6 is 0 Å². The number of carbonyl (C=O) groups excluding carboxylic acids is 1. The normalized spacial score (nSPS) is 11.5. The Labute approximate surface area is 48.8 Å². The van der Waals surface area contributed by atoms with Gasteiger partial charge >= 0.3 is 0 Å². The summed E-state index contributed by atoms with van der Waals surface area (Å²) in [6.45, 7) is 3.41. The summed E-state index contributed by atoms with van der Waals surface area (Å²) in [5.74, 6) is -1.08. The molecule has 0 aliphatic heterocycles. The molecule has 0 aliphatic carbocycles. The van der Waals surface area contributed by atoms with Crippen molar-refractivity contribution < 1.29 is 9.90 Å². The van der Waals surface area contributed by atoms with Gasteiger partial charge in [0.25, 0.3) is 0 Å². The summed E-state index contributed by atoms with van der Waals surface area (Å²) < 4.78 is 0. The van der Waals surface area contributed by atoms with E-state index in [0.29, 0.717) is 5.57 Å². The van der Waals surface area contributed by atoms with Crippen LogP contribution in [-0.2, 0) is 4.79 Å². The van der Waals surface area contributed by atoms with Gasteiger partial charge in [0.2, 0.25) is 0 Å².